The molecule has 0 spiro atoms. The predicted molar refractivity (Wildman–Crippen MR) is 78.4 cm³/mol. The minimum Gasteiger partial charge on any atom is -0.313 e. The fourth-order valence-electron chi connectivity index (χ4n) is 3.27. The van der Waals surface area contributed by atoms with Crippen LogP contribution in [-0.4, -0.2) is 68.3 Å². The Morgan fingerprint density at radius 3 is 2.19 bits per heavy atom. The Hall–Kier alpha value is -0.330. The highest BCUT2D eigenvalue weighted by atomic mass is 19.4. The van der Waals surface area contributed by atoms with Crippen LogP contribution in [-0.2, 0) is 0 Å². The molecule has 2 aliphatic heterocycles. The maximum absolute atomic E-state index is 12.3. The van der Waals surface area contributed by atoms with Crippen LogP contribution in [0.2, 0.25) is 0 Å². The van der Waals surface area contributed by atoms with Crippen LogP contribution in [0.4, 0.5) is 13.2 Å². The Balaban J connectivity index is 1.67. The van der Waals surface area contributed by atoms with Gasteiger partial charge in [-0.1, -0.05) is 6.92 Å². The van der Waals surface area contributed by atoms with Crippen LogP contribution in [0.1, 0.15) is 32.6 Å². The van der Waals surface area contributed by atoms with Gasteiger partial charge in [0.25, 0.3) is 0 Å². The second kappa shape index (κ2) is 6.84. The van der Waals surface area contributed by atoms with E-state index in [2.05, 4.69) is 24.2 Å². The Morgan fingerprint density at radius 1 is 1.10 bits per heavy atom. The maximum atomic E-state index is 12.3. The predicted octanol–water partition coefficient (Wildman–Crippen LogP) is 2.33. The zero-order chi connectivity index (χ0) is 15.5. The number of likely N-dealkylation sites (tertiary alicyclic amines) is 2. The van der Waals surface area contributed by atoms with E-state index in [0.29, 0.717) is 24.5 Å². The number of nitrogens with one attached hydrogen (secondary N) is 1. The molecule has 0 aliphatic carbocycles. The standard InChI is InChI=1S/C15H28F3N3/c1-14(5-9-20(2)10-6-14)11-19-13-3-7-21(8-4-13)12-15(16,17)18/h13,19H,3-12H2,1-2H3. The van der Waals surface area contributed by atoms with Gasteiger partial charge in [-0.15, -0.1) is 0 Å². The van der Waals surface area contributed by atoms with Crippen LogP contribution < -0.4 is 5.32 Å². The molecule has 2 fully saturated rings. The minimum absolute atomic E-state index is 0.343. The highest BCUT2D eigenvalue weighted by Crippen LogP contribution is 2.30. The lowest BCUT2D eigenvalue weighted by atomic mass is 9.80. The van der Waals surface area contributed by atoms with Crippen molar-refractivity contribution in [3.05, 3.63) is 0 Å². The number of hydrogen-bond acceptors (Lipinski definition) is 3. The van der Waals surface area contributed by atoms with E-state index >= 15 is 0 Å². The molecule has 21 heavy (non-hydrogen) atoms. The summed E-state index contributed by atoms with van der Waals surface area (Å²) in [6.07, 6.45) is -0.0210. The Morgan fingerprint density at radius 2 is 1.67 bits per heavy atom. The summed E-state index contributed by atoms with van der Waals surface area (Å²) in [5, 5.41) is 3.60. The van der Waals surface area contributed by atoms with Gasteiger partial charge in [-0.2, -0.15) is 13.2 Å². The van der Waals surface area contributed by atoms with Crippen LogP contribution >= 0.6 is 0 Å². The highest BCUT2D eigenvalue weighted by Gasteiger charge is 2.33. The molecular formula is C15H28F3N3. The number of piperidine rings is 2. The van der Waals surface area contributed by atoms with Crippen LogP contribution in [0, 0.1) is 5.41 Å². The largest absolute Gasteiger partial charge is 0.401 e. The first-order valence-corrected chi connectivity index (χ1v) is 7.97. The van der Waals surface area contributed by atoms with E-state index in [1.54, 1.807) is 0 Å². The van der Waals surface area contributed by atoms with E-state index in [1.165, 1.54) is 17.7 Å². The fourth-order valence-corrected chi connectivity index (χ4v) is 3.27. The molecule has 124 valence electrons. The number of rotatable bonds is 4. The third kappa shape index (κ3) is 5.75. The molecule has 0 bridgehead atoms. The lowest BCUT2D eigenvalue weighted by molar-refractivity contribution is -0.148. The molecule has 0 atom stereocenters. The summed E-state index contributed by atoms with van der Waals surface area (Å²) in [5.41, 5.74) is 0.343. The van der Waals surface area contributed by atoms with E-state index in [0.717, 1.165) is 32.5 Å². The van der Waals surface area contributed by atoms with Crippen LogP contribution in [0.25, 0.3) is 0 Å². The zero-order valence-corrected chi connectivity index (χ0v) is 13.2. The average Bonchev–Trinajstić information content (AvgIpc) is 2.40. The van der Waals surface area contributed by atoms with Crippen molar-refractivity contribution in [2.24, 2.45) is 5.41 Å². The minimum atomic E-state index is -4.07. The summed E-state index contributed by atoms with van der Waals surface area (Å²) in [7, 11) is 2.16. The second-order valence-electron chi connectivity index (χ2n) is 7.16. The average molecular weight is 307 g/mol. The van der Waals surface area contributed by atoms with Gasteiger partial charge in [0.1, 0.15) is 0 Å². The molecule has 0 radical (unpaired) electrons. The molecule has 0 aromatic carbocycles. The third-order valence-electron chi connectivity index (χ3n) is 5.00. The molecular weight excluding hydrogens is 279 g/mol. The van der Waals surface area contributed by atoms with Crippen molar-refractivity contribution in [1.29, 1.82) is 0 Å². The Labute approximate surface area is 125 Å². The van der Waals surface area contributed by atoms with Gasteiger partial charge in [-0.05, 0) is 64.3 Å². The van der Waals surface area contributed by atoms with Gasteiger partial charge in [0.05, 0.1) is 6.54 Å². The third-order valence-corrected chi connectivity index (χ3v) is 5.00. The lowest BCUT2D eigenvalue weighted by Gasteiger charge is -2.40. The number of nitrogens with zero attached hydrogens (tertiary/aromatic N) is 2. The molecule has 6 heteroatoms. The van der Waals surface area contributed by atoms with E-state index < -0.39 is 12.7 Å². The molecule has 2 saturated heterocycles. The van der Waals surface area contributed by atoms with Gasteiger partial charge < -0.3 is 10.2 Å². The topological polar surface area (TPSA) is 18.5 Å². The summed E-state index contributed by atoms with van der Waals surface area (Å²) in [4.78, 5) is 3.88. The zero-order valence-electron chi connectivity index (χ0n) is 13.2. The first-order chi connectivity index (χ1) is 9.76. The monoisotopic (exact) mass is 307 g/mol. The molecule has 2 aliphatic rings. The van der Waals surface area contributed by atoms with Gasteiger partial charge in [0, 0.05) is 12.6 Å². The summed E-state index contributed by atoms with van der Waals surface area (Å²) < 4.78 is 37.0. The van der Waals surface area contributed by atoms with E-state index in [1.807, 2.05) is 0 Å². The molecule has 3 nitrogen and oxygen atoms in total. The molecule has 2 rings (SSSR count). The van der Waals surface area contributed by atoms with Crippen LogP contribution in [0.5, 0.6) is 0 Å². The first-order valence-electron chi connectivity index (χ1n) is 7.97. The van der Waals surface area contributed by atoms with Crippen LogP contribution in [0.15, 0.2) is 0 Å². The number of halogens is 3. The van der Waals surface area contributed by atoms with Gasteiger partial charge in [0.15, 0.2) is 0 Å². The van der Waals surface area contributed by atoms with Crippen molar-refractivity contribution < 1.29 is 13.2 Å². The van der Waals surface area contributed by atoms with Crippen molar-refractivity contribution in [2.75, 3.05) is 46.3 Å². The van der Waals surface area contributed by atoms with E-state index in [4.69, 9.17) is 0 Å². The second-order valence-corrected chi connectivity index (χ2v) is 7.16. The van der Waals surface area contributed by atoms with Gasteiger partial charge in [0.2, 0.25) is 0 Å². The molecule has 0 unspecified atom stereocenters. The van der Waals surface area contributed by atoms with Crippen LogP contribution in [0.3, 0.4) is 0 Å². The fraction of sp³-hybridized carbons (Fsp3) is 1.00. The number of hydrogen-bond donors (Lipinski definition) is 1. The van der Waals surface area contributed by atoms with Gasteiger partial charge in [-0.25, -0.2) is 0 Å². The van der Waals surface area contributed by atoms with E-state index in [-0.39, 0.29) is 0 Å². The van der Waals surface area contributed by atoms with E-state index in [9.17, 15) is 13.2 Å². The van der Waals surface area contributed by atoms with Gasteiger partial charge >= 0.3 is 6.18 Å². The van der Waals surface area contributed by atoms with Gasteiger partial charge in [-0.3, -0.25) is 4.90 Å². The summed E-state index contributed by atoms with van der Waals surface area (Å²) in [5.74, 6) is 0. The normalized spacial score (nSPS) is 26.1. The summed E-state index contributed by atoms with van der Waals surface area (Å²) >= 11 is 0. The summed E-state index contributed by atoms with van der Waals surface area (Å²) in [6.45, 7) is 5.94. The SMILES string of the molecule is CN1CCC(C)(CNC2CCN(CC(F)(F)F)CC2)CC1. The van der Waals surface area contributed by atoms with Crippen molar-refractivity contribution in [3.8, 4) is 0 Å². The highest BCUT2D eigenvalue weighted by molar-refractivity contribution is 4.86. The van der Waals surface area contributed by atoms with Crippen molar-refractivity contribution >= 4 is 0 Å². The molecule has 0 saturated carbocycles. The smallest absolute Gasteiger partial charge is 0.313 e. The first kappa shape index (κ1) is 17.0. The molecule has 2 heterocycles. The number of alkyl halides is 3. The molecule has 0 amide bonds. The molecule has 0 aromatic heterocycles. The van der Waals surface area contributed by atoms with Crippen molar-refractivity contribution in [1.82, 2.24) is 15.1 Å². The molecule has 1 N–H and O–H groups in total. The van der Waals surface area contributed by atoms with Crippen molar-refractivity contribution in [2.45, 2.75) is 44.8 Å². The maximum Gasteiger partial charge on any atom is 0.401 e. The molecule has 0 aromatic rings. The Kier molecular flexibility index (Phi) is 5.54. The Bertz CT molecular complexity index is 317. The quantitative estimate of drug-likeness (QED) is 0.860. The summed E-state index contributed by atoms with van der Waals surface area (Å²) in [6, 6.07) is 0.381. The van der Waals surface area contributed by atoms with Crippen molar-refractivity contribution in [3.63, 3.8) is 0 Å². The lowest BCUT2D eigenvalue weighted by Crippen LogP contribution is -2.49.